The highest BCUT2D eigenvalue weighted by molar-refractivity contribution is 7.99. The van der Waals surface area contributed by atoms with E-state index in [4.69, 9.17) is 0 Å². The Kier molecular flexibility index (Phi) is 4.16. The fourth-order valence-corrected chi connectivity index (χ4v) is 3.24. The van der Waals surface area contributed by atoms with E-state index >= 15 is 0 Å². The second-order valence-corrected chi connectivity index (χ2v) is 5.91. The van der Waals surface area contributed by atoms with Crippen LogP contribution in [-0.4, -0.2) is 12.3 Å². The summed E-state index contributed by atoms with van der Waals surface area (Å²) in [6, 6.07) is 6.94. The van der Waals surface area contributed by atoms with Gasteiger partial charge >= 0.3 is 0 Å². The second-order valence-electron chi connectivity index (χ2n) is 4.46. The van der Waals surface area contributed by atoms with Crippen molar-refractivity contribution < 1.29 is 0 Å². The first-order valence-corrected chi connectivity index (χ1v) is 7.34. The highest BCUT2D eigenvalue weighted by atomic mass is 32.2. The molecule has 0 bridgehead atoms. The van der Waals surface area contributed by atoms with Gasteiger partial charge in [-0.1, -0.05) is 25.5 Å². The molecule has 0 amide bonds. The van der Waals surface area contributed by atoms with Crippen molar-refractivity contribution in [2.24, 2.45) is 0 Å². The zero-order valence-electron chi connectivity index (χ0n) is 10.3. The topological polar surface area (TPSA) is 12.0 Å². The van der Waals surface area contributed by atoms with Gasteiger partial charge in [0.15, 0.2) is 0 Å². The lowest BCUT2D eigenvalue weighted by molar-refractivity contribution is 0.910. The van der Waals surface area contributed by atoms with Gasteiger partial charge in [0, 0.05) is 17.5 Å². The van der Waals surface area contributed by atoms with E-state index in [1.54, 1.807) is 0 Å². The van der Waals surface area contributed by atoms with E-state index in [1.807, 2.05) is 0 Å². The van der Waals surface area contributed by atoms with Crippen LogP contribution in [0, 0.1) is 0 Å². The molecule has 1 nitrogen and oxygen atoms in total. The molecule has 1 aromatic carbocycles. The molecule has 0 saturated heterocycles. The van der Waals surface area contributed by atoms with Gasteiger partial charge in [-0.25, -0.2) is 0 Å². The molecule has 0 aliphatic carbocycles. The molecule has 1 N–H and O–H groups in total. The standard InChI is InChI=1S/C14H21NS/c1-3-5-12-6-7-14-13(10-12)11(2)16-9-4-8-15-14/h6-7,10-11,15H,3-5,8-9H2,1-2H3. The van der Waals surface area contributed by atoms with Gasteiger partial charge in [-0.15, -0.1) is 0 Å². The lowest BCUT2D eigenvalue weighted by Crippen LogP contribution is -2.10. The molecule has 0 aromatic heterocycles. The van der Waals surface area contributed by atoms with Crippen molar-refractivity contribution >= 4 is 17.4 Å². The third kappa shape index (κ3) is 2.73. The van der Waals surface area contributed by atoms with E-state index in [0.717, 1.165) is 6.54 Å². The van der Waals surface area contributed by atoms with Crippen LogP contribution in [0.1, 0.15) is 43.1 Å². The molecule has 2 rings (SSSR count). The first-order valence-electron chi connectivity index (χ1n) is 6.29. The van der Waals surface area contributed by atoms with Crippen LogP contribution in [0.3, 0.4) is 0 Å². The number of hydrogen-bond donors (Lipinski definition) is 1. The normalized spacial score (nSPS) is 20.5. The molecular weight excluding hydrogens is 214 g/mol. The lowest BCUT2D eigenvalue weighted by Gasteiger charge is -2.21. The Balaban J connectivity index is 2.28. The van der Waals surface area contributed by atoms with Gasteiger partial charge < -0.3 is 5.32 Å². The molecule has 0 spiro atoms. The van der Waals surface area contributed by atoms with Crippen LogP contribution in [0.25, 0.3) is 0 Å². The van der Waals surface area contributed by atoms with Crippen LogP contribution in [0.4, 0.5) is 5.69 Å². The molecule has 88 valence electrons. The molecule has 1 aliphatic heterocycles. The van der Waals surface area contributed by atoms with Gasteiger partial charge in [0.05, 0.1) is 0 Å². The largest absolute Gasteiger partial charge is 0.385 e. The number of rotatable bonds is 2. The third-order valence-electron chi connectivity index (χ3n) is 3.10. The van der Waals surface area contributed by atoms with E-state index in [1.165, 1.54) is 41.8 Å². The number of nitrogens with one attached hydrogen (secondary N) is 1. The first kappa shape index (κ1) is 11.8. The molecule has 1 atom stereocenters. The summed E-state index contributed by atoms with van der Waals surface area (Å²) in [7, 11) is 0. The quantitative estimate of drug-likeness (QED) is 0.822. The Morgan fingerprint density at radius 1 is 1.44 bits per heavy atom. The minimum Gasteiger partial charge on any atom is -0.385 e. The summed E-state index contributed by atoms with van der Waals surface area (Å²) in [6.45, 7) is 5.68. The molecule has 0 saturated carbocycles. The van der Waals surface area contributed by atoms with E-state index in [2.05, 4.69) is 49.1 Å². The third-order valence-corrected chi connectivity index (χ3v) is 4.38. The summed E-state index contributed by atoms with van der Waals surface area (Å²) >= 11 is 2.08. The Hall–Kier alpha value is -0.630. The molecule has 1 aromatic rings. The Bertz CT molecular complexity index is 349. The summed E-state index contributed by atoms with van der Waals surface area (Å²) in [4.78, 5) is 0. The van der Waals surface area contributed by atoms with Gasteiger partial charge in [0.25, 0.3) is 0 Å². The zero-order valence-corrected chi connectivity index (χ0v) is 11.1. The SMILES string of the molecule is CCCc1ccc2c(c1)C(C)SCCCN2. The fraction of sp³-hybridized carbons (Fsp3) is 0.571. The Morgan fingerprint density at radius 3 is 3.12 bits per heavy atom. The summed E-state index contributed by atoms with van der Waals surface area (Å²) in [5.41, 5.74) is 4.33. The molecular formula is C14H21NS. The molecule has 1 unspecified atom stereocenters. The minimum atomic E-state index is 0.625. The van der Waals surface area contributed by atoms with E-state index in [0.29, 0.717) is 5.25 Å². The van der Waals surface area contributed by atoms with E-state index in [-0.39, 0.29) is 0 Å². The summed E-state index contributed by atoms with van der Waals surface area (Å²) < 4.78 is 0. The van der Waals surface area contributed by atoms with Crippen LogP contribution < -0.4 is 5.32 Å². The van der Waals surface area contributed by atoms with E-state index in [9.17, 15) is 0 Å². The predicted molar refractivity (Wildman–Crippen MR) is 74.4 cm³/mol. The van der Waals surface area contributed by atoms with E-state index < -0.39 is 0 Å². The van der Waals surface area contributed by atoms with Crippen LogP contribution in [0.15, 0.2) is 18.2 Å². The molecule has 1 heterocycles. The van der Waals surface area contributed by atoms with Crippen molar-refractivity contribution in [1.82, 2.24) is 0 Å². The van der Waals surface area contributed by atoms with Crippen molar-refractivity contribution in [2.75, 3.05) is 17.6 Å². The smallest absolute Gasteiger partial charge is 0.0384 e. The summed E-state index contributed by atoms with van der Waals surface area (Å²) in [5, 5.41) is 4.18. The minimum absolute atomic E-state index is 0.625. The fourth-order valence-electron chi connectivity index (χ4n) is 2.20. The van der Waals surface area contributed by atoms with Gasteiger partial charge in [0.1, 0.15) is 0 Å². The highest BCUT2D eigenvalue weighted by Crippen LogP contribution is 2.35. The molecule has 0 fully saturated rings. The number of fused-ring (bicyclic) bond motifs is 1. The Labute approximate surface area is 103 Å². The van der Waals surface area contributed by atoms with Crippen molar-refractivity contribution in [1.29, 1.82) is 0 Å². The second kappa shape index (κ2) is 5.62. The molecule has 2 heteroatoms. The average Bonchev–Trinajstić information content (AvgIpc) is 2.27. The van der Waals surface area contributed by atoms with Crippen LogP contribution >= 0.6 is 11.8 Å². The number of anilines is 1. The van der Waals surface area contributed by atoms with Crippen LogP contribution in [-0.2, 0) is 6.42 Å². The Morgan fingerprint density at radius 2 is 2.31 bits per heavy atom. The number of thioether (sulfide) groups is 1. The molecule has 0 radical (unpaired) electrons. The monoisotopic (exact) mass is 235 g/mol. The number of aryl methyl sites for hydroxylation is 1. The van der Waals surface area contributed by atoms with Crippen molar-refractivity contribution in [3.8, 4) is 0 Å². The average molecular weight is 235 g/mol. The van der Waals surface area contributed by atoms with Crippen LogP contribution in [0.2, 0.25) is 0 Å². The zero-order chi connectivity index (χ0) is 11.4. The maximum absolute atomic E-state index is 3.55. The maximum Gasteiger partial charge on any atom is 0.0384 e. The van der Waals surface area contributed by atoms with Gasteiger partial charge in [-0.2, -0.15) is 11.8 Å². The lowest BCUT2D eigenvalue weighted by atomic mass is 10.0. The molecule has 16 heavy (non-hydrogen) atoms. The number of hydrogen-bond acceptors (Lipinski definition) is 2. The van der Waals surface area contributed by atoms with Gasteiger partial charge in [-0.05, 0) is 42.7 Å². The first-order chi connectivity index (χ1) is 7.81. The molecule has 1 aliphatic rings. The van der Waals surface area contributed by atoms with Crippen molar-refractivity contribution in [3.05, 3.63) is 29.3 Å². The maximum atomic E-state index is 3.55. The predicted octanol–water partition coefficient (Wildman–Crippen LogP) is 4.25. The summed E-state index contributed by atoms with van der Waals surface area (Å²) in [5.74, 6) is 1.27. The van der Waals surface area contributed by atoms with Crippen molar-refractivity contribution in [3.63, 3.8) is 0 Å². The van der Waals surface area contributed by atoms with Gasteiger partial charge in [0.2, 0.25) is 0 Å². The van der Waals surface area contributed by atoms with Crippen LogP contribution in [0.5, 0.6) is 0 Å². The van der Waals surface area contributed by atoms with Gasteiger partial charge in [-0.3, -0.25) is 0 Å². The summed E-state index contributed by atoms with van der Waals surface area (Å²) in [6.07, 6.45) is 3.70. The van der Waals surface area contributed by atoms with Crippen molar-refractivity contribution in [2.45, 2.75) is 38.4 Å². The highest BCUT2D eigenvalue weighted by Gasteiger charge is 2.13. The number of benzene rings is 1.